The monoisotopic (exact) mass is 417 g/mol. The molecule has 0 spiro atoms. The second-order valence-electron chi connectivity index (χ2n) is 7.31. The number of amides is 1. The van der Waals surface area contributed by atoms with E-state index in [0.29, 0.717) is 16.7 Å². The molecule has 0 radical (unpaired) electrons. The first kappa shape index (κ1) is 21.8. The smallest absolute Gasteiger partial charge is 0.318 e. The van der Waals surface area contributed by atoms with Crippen molar-refractivity contribution in [2.75, 3.05) is 7.05 Å². The maximum Gasteiger partial charge on any atom is 0.318 e. The normalized spacial score (nSPS) is 10.6. The molecule has 31 heavy (non-hydrogen) atoms. The van der Waals surface area contributed by atoms with Crippen LogP contribution in [0.15, 0.2) is 78.9 Å². The quantitative estimate of drug-likeness (QED) is 0.541. The van der Waals surface area contributed by atoms with E-state index in [1.54, 1.807) is 42.3 Å². The Balaban J connectivity index is 1.96. The zero-order valence-electron chi connectivity index (χ0n) is 17.1. The minimum atomic E-state index is -1.56. The molecule has 0 aliphatic carbocycles. The lowest BCUT2D eigenvalue weighted by atomic mass is 9.92. The molecular formula is C25H23NO5. The lowest BCUT2D eigenvalue weighted by Gasteiger charge is -2.21. The summed E-state index contributed by atoms with van der Waals surface area (Å²) in [4.78, 5) is 37.2. The molecule has 0 atom stereocenters. The summed E-state index contributed by atoms with van der Waals surface area (Å²) < 4.78 is 0. The van der Waals surface area contributed by atoms with Crippen LogP contribution >= 0.6 is 0 Å². The molecule has 3 aromatic carbocycles. The van der Waals surface area contributed by atoms with Crippen molar-refractivity contribution >= 4 is 17.8 Å². The van der Waals surface area contributed by atoms with Crippen LogP contribution in [0.3, 0.4) is 0 Å². The number of carbonyl (C=O) groups excluding carboxylic acids is 1. The highest BCUT2D eigenvalue weighted by atomic mass is 16.4. The number of hydrogen-bond donors (Lipinski definition) is 2. The zero-order valence-corrected chi connectivity index (χ0v) is 17.1. The van der Waals surface area contributed by atoms with Crippen LogP contribution in [-0.2, 0) is 22.6 Å². The third-order valence-corrected chi connectivity index (χ3v) is 5.11. The number of aliphatic carboxylic acids is 2. The number of rotatable bonds is 8. The lowest BCUT2D eigenvalue weighted by Crippen LogP contribution is -2.28. The number of carboxylic acids is 2. The molecule has 3 aromatic rings. The largest absolute Gasteiger partial charge is 0.481 e. The van der Waals surface area contributed by atoms with Crippen LogP contribution < -0.4 is 0 Å². The van der Waals surface area contributed by atoms with E-state index in [9.17, 15) is 24.6 Å². The summed E-state index contributed by atoms with van der Waals surface area (Å²) in [7, 11) is 1.67. The standard InChI is InChI=1S/C25H23NO5/c1-26(23(27)18-10-6-3-7-11-18)16-21-14-19(17-8-4-2-5-9-17)12-13-20(21)15-22(24(28)29)25(30)31/h2-14,22H,15-16H2,1H3,(H,28,29)(H,30,31). The van der Waals surface area contributed by atoms with E-state index < -0.39 is 17.9 Å². The molecular weight excluding hydrogens is 394 g/mol. The number of nitrogens with zero attached hydrogens (tertiary/aromatic N) is 1. The molecule has 0 fully saturated rings. The Morgan fingerprint density at radius 1 is 0.774 bits per heavy atom. The van der Waals surface area contributed by atoms with E-state index in [-0.39, 0.29) is 18.9 Å². The lowest BCUT2D eigenvalue weighted by molar-refractivity contribution is -0.154. The van der Waals surface area contributed by atoms with Crippen LogP contribution in [0.25, 0.3) is 11.1 Å². The zero-order chi connectivity index (χ0) is 22.4. The fourth-order valence-corrected chi connectivity index (χ4v) is 3.41. The Morgan fingerprint density at radius 3 is 1.94 bits per heavy atom. The highest BCUT2D eigenvalue weighted by Crippen LogP contribution is 2.25. The van der Waals surface area contributed by atoms with Crippen LogP contribution in [-0.4, -0.2) is 40.0 Å². The van der Waals surface area contributed by atoms with Crippen LogP contribution in [0.1, 0.15) is 21.5 Å². The highest BCUT2D eigenvalue weighted by Gasteiger charge is 2.27. The SMILES string of the molecule is CN(Cc1cc(-c2ccccc2)ccc1CC(C(=O)O)C(=O)O)C(=O)c1ccccc1. The number of carbonyl (C=O) groups is 3. The van der Waals surface area contributed by atoms with Gasteiger partial charge in [0.2, 0.25) is 0 Å². The van der Waals surface area contributed by atoms with Gasteiger partial charge in [-0.3, -0.25) is 14.4 Å². The van der Waals surface area contributed by atoms with Gasteiger partial charge in [0, 0.05) is 19.2 Å². The molecule has 0 heterocycles. The van der Waals surface area contributed by atoms with Crippen LogP contribution in [0.4, 0.5) is 0 Å². The van der Waals surface area contributed by atoms with Gasteiger partial charge >= 0.3 is 11.9 Å². The van der Waals surface area contributed by atoms with E-state index >= 15 is 0 Å². The third-order valence-electron chi connectivity index (χ3n) is 5.11. The minimum Gasteiger partial charge on any atom is -0.481 e. The fraction of sp³-hybridized carbons (Fsp3) is 0.160. The Kier molecular flexibility index (Phi) is 6.82. The molecule has 0 aliphatic rings. The van der Waals surface area contributed by atoms with Crippen molar-refractivity contribution in [1.82, 2.24) is 4.90 Å². The topological polar surface area (TPSA) is 94.9 Å². The second kappa shape index (κ2) is 9.71. The summed E-state index contributed by atoms with van der Waals surface area (Å²) >= 11 is 0. The van der Waals surface area contributed by atoms with E-state index in [1.165, 1.54) is 0 Å². The molecule has 0 saturated carbocycles. The van der Waals surface area contributed by atoms with Crippen molar-refractivity contribution in [3.8, 4) is 11.1 Å². The third kappa shape index (κ3) is 5.36. The Bertz CT molecular complexity index is 1070. The van der Waals surface area contributed by atoms with Gasteiger partial charge in [-0.2, -0.15) is 0 Å². The van der Waals surface area contributed by atoms with Crippen LogP contribution in [0, 0.1) is 5.92 Å². The summed E-state index contributed by atoms with van der Waals surface area (Å²) in [5, 5.41) is 18.6. The molecule has 0 aromatic heterocycles. The summed E-state index contributed by atoms with van der Waals surface area (Å²) in [6.07, 6.45) is -0.164. The average molecular weight is 417 g/mol. The first-order valence-corrected chi connectivity index (χ1v) is 9.80. The average Bonchev–Trinajstić information content (AvgIpc) is 2.78. The first-order chi connectivity index (χ1) is 14.9. The summed E-state index contributed by atoms with van der Waals surface area (Å²) in [5.74, 6) is -4.51. The fourth-order valence-electron chi connectivity index (χ4n) is 3.41. The van der Waals surface area contributed by atoms with Gasteiger partial charge in [-0.1, -0.05) is 60.7 Å². The summed E-state index contributed by atoms with van der Waals surface area (Å²) in [6.45, 7) is 0.218. The van der Waals surface area contributed by atoms with Crippen molar-refractivity contribution < 1.29 is 24.6 Å². The molecule has 0 bridgehead atoms. The Morgan fingerprint density at radius 2 is 1.35 bits per heavy atom. The number of hydrogen-bond acceptors (Lipinski definition) is 3. The molecule has 3 rings (SSSR count). The first-order valence-electron chi connectivity index (χ1n) is 9.80. The molecule has 158 valence electrons. The maximum absolute atomic E-state index is 12.8. The summed E-state index contributed by atoms with van der Waals surface area (Å²) in [5.41, 5.74) is 3.71. The van der Waals surface area contributed by atoms with Gasteiger partial charge < -0.3 is 15.1 Å². The predicted octanol–water partition coefficient (Wildman–Crippen LogP) is 3.95. The Hall–Kier alpha value is -3.93. The van der Waals surface area contributed by atoms with E-state index in [1.807, 2.05) is 48.5 Å². The van der Waals surface area contributed by atoms with E-state index in [2.05, 4.69) is 0 Å². The number of benzene rings is 3. The van der Waals surface area contributed by atoms with Gasteiger partial charge in [-0.25, -0.2) is 0 Å². The Labute approximate surface area is 180 Å². The van der Waals surface area contributed by atoms with Crippen molar-refractivity contribution in [3.63, 3.8) is 0 Å². The van der Waals surface area contributed by atoms with Crippen molar-refractivity contribution in [2.24, 2.45) is 5.92 Å². The van der Waals surface area contributed by atoms with Gasteiger partial charge in [0.25, 0.3) is 5.91 Å². The molecule has 1 amide bonds. The van der Waals surface area contributed by atoms with E-state index in [4.69, 9.17) is 0 Å². The van der Waals surface area contributed by atoms with Gasteiger partial charge in [0.1, 0.15) is 0 Å². The van der Waals surface area contributed by atoms with Gasteiger partial charge in [0.05, 0.1) is 0 Å². The van der Waals surface area contributed by atoms with Crippen molar-refractivity contribution in [2.45, 2.75) is 13.0 Å². The maximum atomic E-state index is 12.8. The van der Waals surface area contributed by atoms with Crippen molar-refractivity contribution in [3.05, 3.63) is 95.6 Å². The minimum absolute atomic E-state index is 0.164. The predicted molar refractivity (Wildman–Crippen MR) is 117 cm³/mol. The van der Waals surface area contributed by atoms with Crippen LogP contribution in [0.2, 0.25) is 0 Å². The summed E-state index contributed by atoms with van der Waals surface area (Å²) in [6, 6.07) is 24.0. The van der Waals surface area contributed by atoms with Crippen LogP contribution in [0.5, 0.6) is 0 Å². The highest BCUT2D eigenvalue weighted by molar-refractivity contribution is 5.94. The number of carboxylic acid groups (broad SMARTS) is 2. The van der Waals surface area contributed by atoms with Gasteiger partial charge in [0.15, 0.2) is 5.92 Å². The molecule has 6 nitrogen and oxygen atoms in total. The molecule has 0 unspecified atom stereocenters. The van der Waals surface area contributed by atoms with Gasteiger partial charge in [-0.15, -0.1) is 0 Å². The molecule has 0 saturated heterocycles. The molecule has 2 N–H and O–H groups in total. The second-order valence-corrected chi connectivity index (χ2v) is 7.31. The molecule has 0 aliphatic heterocycles. The van der Waals surface area contributed by atoms with Crippen molar-refractivity contribution in [1.29, 1.82) is 0 Å². The van der Waals surface area contributed by atoms with Gasteiger partial charge in [-0.05, 0) is 46.9 Å². The molecule has 6 heteroatoms. The van der Waals surface area contributed by atoms with E-state index in [0.717, 1.165) is 11.1 Å².